The zero-order valence-corrected chi connectivity index (χ0v) is 12.2. The summed E-state index contributed by atoms with van der Waals surface area (Å²) in [4.78, 5) is 14.0. The summed E-state index contributed by atoms with van der Waals surface area (Å²) in [6, 6.07) is 0.196. The Morgan fingerprint density at radius 2 is 2.10 bits per heavy atom. The van der Waals surface area contributed by atoms with Crippen LogP contribution in [-0.2, 0) is 9.53 Å². The second kappa shape index (κ2) is 9.23. The first-order valence-corrected chi connectivity index (χ1v) is 7.45. The molecule has 1 amide bonds. The third kappa shape index (κ3) is 5.32. The number of hydrogen-bond acceptors (Lipinski definition) is 3. The molecule has 0 radical (unpaired) electrons. The molecule has 0 spiro atoms. The minimum absolute atomic E-state index is 0.0212. The number of nitrogens with zero attached hydrogens (tertiary/aromatic N) is 1. The van der Waals surface area contributed by atoms with Gasteiger partial charge < -0.3 is 15.4 Å². The van der Waals surface area contributed by atoms with Crippen molar-refractivity contribution in [2.24, 2.45) is 11.7 Å². The zero-order valence-electron chi connectivity index (χ0n) is 12.2. The SMILES string of the molecule is CCN(C(=O)CCOCC(F)F)C1CCCCC1CN. The fraction of sp³-hybridized carbons (Fsp3) is 0.929. The quantitative estimate of drug-likeness (QED) is 0.696. The largest absolute Gasteiger partial charge is 0.375 e. The Balaban J connectivity index is 2.44. The maximum atomic E-state index is 12.2. The van der Waals surface area contributed by atoms with Crippen LogP contribution in [-0.4, -0.2) is 49.6 Å². The average Bonchev–Trinajstić information content (AvgIpc) is 2.44. The smallest absolute Gasteiger partial charge is 0.261 e. The second-order valence-corrected chi connectivity index (χ2v) is 5.24. The van der Waals surface area contributed by atoms with Crippen molar-refractivity contribution in [2.75, 3.05) is 26.3 Å². The van der Waals surface area contributed by atoms with Crippen LogP contribution in [0.5, 0.6) is 0 Å². The van der Waals surface area contributed by atoms with Gasteiger partial charge in [0.2, 0.25) is 5.91 Å². The summed E-state index contributed by atoms with van der Waals surface area (Å²) in [6.45, 7) is 2.62. The van der Waals surface area contributed by atoms with Crippen LogP contribution in [0.3, 0.4) is 0 Å². The molecular formula is C14H26F2N2O2. The molecule has 0 saturated heterocycles. The van der Waals surface area contributed by atoms with Gasteiger partial charge in [-0.15, -0.1) is 0 Å². The van der Waals surface area contributed by atoms with Gasteiger partial charge in [-0.3, -0.25) is 4.79 Å². The molecule has 6 heteroatoms. The Kier molecular flexibility index (Phi) is 7.99. The highest BCUT2D eigenvalue weighted by molar-refractivity contribution is 5.76. The van der Waals surface area contributed by atoms with E-state index in [4.69, 9.17) is 10.5 Å². The highest BCUT2D eigenvalue weighted by atomic mass is 19.3. The van der Waals surface area contributed by atoms with E-state index in [2.05, 4.69) is 0 Å². The van der Waals surface area contributed by atoms with Crippen molar-refractivity contribution in [1.82, 2.24) is 4.90 Å². The van der Waals surface area contributed by atoms with Crippen molar-refractivity contribution in [1.29, 1.82) is 0 Å². The van der Waals surface area contributed by atoms with Crippen LogP contribution in [0.1, 0.15) is 39.0 Å². The van der Waals surface area contributed by atoms with Crippen LogP contribution < -0.4 is 5.73 Å². The first kappa shape index (κ1) is 17.3. The Labute approximate surface area is 119 Å². The van der Waals surface area contributed by atoms with E-state index in [0.29, 0.717) is 19.0 Å². The fourth-order valence-corrected chi connectivity index (χ4v) is 2.94. The van der Waals surface area contributed by atoms with Crippen LogP contribution in [0.4, 0.5) is 8.78 Å². The number of alkyl halides is 2. The van der Waals surface area contributed by atoms with Gasteiger partial charge >= 0.3 is 0 Å². The lowest BCUT2D eigenvalue weighted by atomic mass is 9.83. The molecule has 1 saturated carbocycles. The number of hydrogen-bond donors (Lipinski definition) is 1. The highest BCUT2D eigenvalue weighted by Gasteiger charge is 2.30. The Hall–Kier alpha value is -0.750. The molecule has 2 atom stereocenters. The highest BCUT2D eigenvalue weighted by Crippen LogP contribution is 2.28. The van der Waals surface area contributed by atoms with Crippen LogP contribution in [0.25, 0.3) is 0 Å². The molecule has 2 unspecified atom stereocenters. The Morgan fingerprint density at radius 1 is 1.40 bits per heavy atom. The van der Waals surface area contributed by atoms with Crippen LogP contribution in [0, 0.1) is 5.92 Å². The third-order valence-corrected chi connectivity index (χ3v) is 3.94. The minimum atomic E-state index is -2.48. The zero-order chi connectivity index (χ0) is 15.0. The summed E-state index contributed by atoms with van der Waals surface area (Å²) in [6.07, 6.45) is 2.02. The van der Waals surface area contributed by atoms with E-state index in [1.165, 1.54) is 6.42 Å². The molecule has 0 bridgehead atoms. The molecule has 1 rings (SSSR count). The normalized spacial score (nSPS) is 23.1. The summed E-state index contributed by atoms with van der Waals surface area (Å²) in [5.41, 5.74) is 5.80. The number of carbonyl (C=O) groups is 1. The number of carbonyl (C=O) groups excluding carboxylic acids is 1. The van der Waals surface area contributed by atoms with Gasteiger partial charge in [0.05, 0.1) is 13.0 Å². The van der Waals surface area contributed by atoms with E-state index < -0.39 is 13.0 Å². The van der Waals surface area contributed by atoms with E-state index in [1.54, 1.807) is 0 Å². The first-order chi connectivity index (χ1) is 9.60. The van der Waals surface area contributed by atoms with E-state index in [-0.39, 0.29) is 25.0 Å². The van der Waals surface area contributed by atoms with Crippen molar-refractivity contribution in [3.8, 4) is 0 Å². The fourth-order valence-electron chi connectivity index (χ4n) is 2.94. The van der Waals surface area contributed by atoms with Gasteiger partial charge in [0.1, 0.15) is 6.61 Å². The summed E-state index contributed by atoms with van der Waals surface area (Å²) in [5.74, 6) is 0.335. The van der Waals surface area contributed by atoms with Crippen molar-refractivity contribution < 1.29 is 18.3 Å². The van der Waals surface area contributed by atoms with E-state index in [9.17, 15) is 13.6 Å². The molecule has 0 aliphatic heterocycles. The molecule has 0 aromatic heterocycles. The molecule has 0 heterocycles. The monoisotopic (exact) mass is 292 g/mol. The molecule has 20 heavy (non-hydrogen) atoms. The van der Waals surface area contributed by atoms with Gasteiger partial charge in [-0.25, -0.2) is 8.78 Å². The molecular weight excluding hydrogens is 266 g/mol. The topological polar surface area (TPSA) is 55.6 Å². The predicted molar refractivity (Wildman–Crippen MR) is 73.6 cm³/mol. The number of halogens is 2. The van der Waals surface area contributed by atoms with E-state index >= 15 is 0 Å². The van der Waals surface area contributed by atoms with Crippen LogP contribution in [0.2, 0.25) is 0 Å². The molecule has 1 aliphatic carbocycles. The average molecular weight is 292 g/mol. The maximum Gasteiger partial charge on any atom is 0.261 e. The van der Waals surface area contributed by atoms with Crippen molar-refractivity contribution in [3.05, 3.63) is 0 Å². The third-order valence-electron chi connectivity index (χ3n) is 3.94. The molecule has 0 aromatic carbocycles. The molecule has 0 aromatic rings. The first-order valence-electron chi connectivity index (χ1n) is 7.45. The molecule has 118 valence electrons. The number of nitrogens with two attached hydrogens (primary N) is 1. The van der Waals surface area contributed by atoms with Crippen molar-refractivity contribution in [3.63, 3.8) is 0 Å². The lowest BCUT2D eigenvalue weighted by molar-refractivity contribution is -0.136. The van der Waals surface area contributed by atoms with E-state index in [1.807, 2.05) is 11.8 Å². The van der Waals surface area contributed by atoms with Crippen molar-refractivity contribution in [2.45, 2.75) is 51.5 Å². The predicted octanol–water partition coefficient (Wildman–Crippen LogP) is 2.02. The van der Waals surface area contributed by atoms with Gasteiger partial charge in [-0.05, 0) is 32.2 Å². The Morgan fingerprint density at radius 3 is 2.70 bits per heavy atom. The van der Waals surface area contributed by atoms with Gasteiger partial charge in [0.15, 0.2) is 0 Å². The molecule has 2 N–H and O–H groups in total. The lowest BCUT2D eigenvalue weighted by Crippen LogP contribution is -2.48. The number of rotatable bonds is 8. The second-order valence-electron chi connectivity index (χ2n) is 5.24. The Bertz CT molecular complexity index is 290. The number of amides is 1. The summed E-state index contributed by atoms with van der Waals surface area (Å²) in [5, 5.41) is 0. The van der Waals surface area contributed by atoms with Crippen LogP contribution >= 0.6 is 0 Å². The van der Waals surface area contributed by atoms with Crippen molar-refractivity contribution >= 4 is 5.91 Å². The van der Waals surface area contributed by atoms with Gasteiger partial charge in [-0.2, -0.15) is 0 Å². The maximum absolute atomic E-state index is 12.2. The summed E-state index contributed by atoms with van der Waals surface area (Å²) < 4.78 is 28.7. The standard InChI is InChI=1S/C14H26F2N2O2/c1-2-18(12-6-4-3-5-11(12)9-17)14(19)7-8-20-10-13(15)16/h11-13H,2-10,17H2,1H3. The summed E-state index contributed by atoms with van der Waals surface area (Å²) in [7, 11) is 0. The summed E-state index contributed by atoms with van der Waals surface area (Å²) >= 11 is 0. The van der Waals surface area contributed by atoms with Gasteiger partial charge in [0, 0.05) is 12.6 Å². The molecule has 1 fully saturated rings. The van der Waals surface area contributed by atoms with Gasteiger partial charge in [-0.1, -0.05) is 12.8 Å². The van der Waals surface area contributed by atoms with E-state index in [0.717, 1.165) is 19.3 Å². The molecule has 4 nitrogen and oxygen atoms in total. The minimum Gasteiger partial charge on any atom is -0.375 e. The van der Waals surface area contributed by atoms with Crippen LogP contribution in [0.15, 0.2) is 0 Å². The van der Waals surface area contributed by atoms with Gasteiger partial charge in [0.25, 0.3) is 6.43 Å². The molecule has 1 aliphatic rings. The lowest BCUT2D eigenvalue weighted by Gasteiger charge is -2.39. The number of ether oxygens (including phenoxy) is 1.